The third kappa shape index (κ3) is 3.64. The Morgan fingerprint density at radius 3 is 2.54 bits per heavy atom. The number of carbonyl (C=O) groups is 1. The lowest BCUT2D eigenvalue weighted by molar-refractivity contribution is -0.127. The maximum absolute atomic E-state index is 11.5. The molecule has 2 aromatic rings. The second kappa shape index (κ2) is 6.86. The van der Waals surface area contributed by atoms with Gasteiger partial charge in [0, 0.05) is 37.7 Å². The van der Waals surface area contributed by atoms with Crippen LogP contribution in [0, 0.1) is 6.92 Å². The van der Waals surface area contributed by atoms with Crippen LogP contribution < -0.4 is 9.47 Å². The Labute approximate surface area is 141 Å². The Bertz CT molecular complexity index is 731. The first kappa shape index (κ1) is 16.2. The number of amides is 1. The molecule has 6 heteroatoms. The minimum atomic E-state index is 0.0971. The van der Waals surface area contributed by atoms with Crippen molar-refractivity contribution >= 4 is 5.91 Å². The summed E-state index contributed by atoms with van der Waals surface area (Å²) in [5, 5.41) is 0. The normalized spacial score (nSPS) is 17.0. The smallest absolute Gasteiger partial charge is 0.222 e. The van der Waals surface area contributed by atoms with Gasteiger partial charge in [-0.05, 0) is 37.6 Å². The van der Waals surface area contributed by atoms with Gasteiger partial charge in [-0.25, -0.2) is 4.98 Å². The van der Waals surface area contributed by atoms with E-state index in [0.717, 1.165) is 30.2 Å². The van der Waals surface area contributed by atoms with Crippen molar-refractivity contribution in [2.45, 2.75) is 26.2 Å². The number of carbonyl (C=O) groups excluding carboxylic acids is 1. The molecule has 0 spiro atoms. The minimum absolute atomic E-state index is 0.0971. The Kier molecular flexibility index (Phi) is 4.64. The molecule has 1 aliphatic rings. The molecule has 1 aromatic heterocycles. The molecule has 1 fully saturated rings. The highest BCUT2D eigenvalue weighted by atomic mass is 16.5. The van der Waals surface area contributed by atoms with Crippen LogP contribution in [0.3, 0.4) is 0 Å². The number of rotatable bonds is 4. The van der Waals surface area contributed by atoms with E-state index in [1.165, 1.54) is 0 Å². The number of aromatic nitrogens is 2. The summed E-state index contributed by atoms with van der Waals surface area (Å²) in [4.78, 5) is 22.4. The average Bonchev–Trinajstić information content (AvgIpc) is 3.05. The van der Waals surface area contributed by atoms with Crippen LogP contribution in [0.25, 0.3) is 0 Å². The highest BCUT2D eigenvalue weighted by Gasteiger charge is 2.28. The van der Waals surface area contributed by atoms with Crippen molar-refractivity contribution in [3.8, 4) is 17.4 Å². The average molecular weight is 327 g/mol. The van der Waals surface area contributed by atoms with Gasteiger partial charge in [-0.2, -0.15) is 4.98 Å². The zero-order valence-corrected chi connectivity index (χ0v) is 14.2. The lowest BCUT2D eigenvalue weighted by Crippen LogP contribution is -2.25. The first-order valence-corrected chi connectivity index (χ1v) is 7.98. The van der Waals surface area contributed by atoms with Crippen molar-refractivity contribution in [1.82, 2.24) is 14.9 Å². The monoisotopic (exact) mass is 327 g/mol. The molecule has 1 saturated heterocycles. The van der Waals surface area contributed by atoms with Crippen molar-refractivity contribution in [3.63, 3.8) is 0 Å². The van der Waals surface area contributed by atoms with E-state index in [0.29, 0.717) is 18.2 Å². The number of nitrogens with zero attached hydrogens (tertiary/aromatic N) is 3. The van der Waals surface area contributed by atoms with E-state index in [4.69, 9.17) is 9.47 Å². The number of ether oxygens (including phenoxy) is 2. The van der Waals surface area contributed by atoms with E-state index in [1.54, 1.807) is 14.0 Å². The molecule has 6 nitrogen and oxygen atoms in total. The minimum Gasteiger partial charge on any atom is -0.497 e. The number of aryl methyl sites for hydroxylation is 1. The van der Waals surface area contributed by atoms with Crippen molar-refractivity contribution in [2.75, 3.05) is 20.2 Å². The zero-order valence-electron chi connectivity index (χ0n) is 14.2. The van der Waals surface area contributed by atoms with Crippen LogP contribution in [-0.4, -0.2) is 41.0 Å². The van der Waals surface area contributed by atoms with Gasteiger partial charge in [0.2, 0.25) is 11.8 Å². The molecule has 0 radical (unpaired) electrons. The third-order valence-electron chi connectivity index (χ3n) is 4.13. The van der Waals surface area contributed by atoms with E-state index in [-0.39, 0.29) is 11.8 Å². The quantitative estimate of drug-likeness (QED) is 0.864. The SMILES string of the molecule is COc1ccc(Oc2cc(C)nc([C@@H]3CCN(C(C)=O)C3)n2)cc1. The number of hydrogen-bond acceptors (Lipinski definition) is 5. The summed E-state index contributed by atoms with van der Waals surface area (Å²) < 4.78 is 11.0. The molecule has 1 aromatic carbocycles. The topological polar surface area (TPSA) is 64.6 Å². The van der Waals surface area contributed by atoms with Gasteiger partial charge in [-0.3, -0.25) is 4.79 Å². The van der Waals surface area contributed by atoms with Crippen LogP contribution in [0.15, 0.2) is 30.3 Å². The predicted octanol–water partition coefficient (Wildman–Crippen LogP) is 2.92. The number of hydrogen-bond donors (Lipinski definition) is 0. The summed E-state index contributed by atoms with van der Waals surface area (Å²) >= 11 is 0. The van der Waals surface area contributed by atoms with E-state index in [1.807, 2.05) is 42.2 Å². The van der Waals surface area contributed by atoms with E-state index in [2.05, 4.69) is 9.97 Å². The van der Waals surface area contributed by atoms with Crippen molar-refractivity contribution in [2.24, 2.45) is 0 Å². The van der Waals surface area contributed by atoms with Crippen LogP contribution >= 0.6 is 0 Å². The number of benzene rings is 1. The Morgan fingerprint density at radius 1 is 1.21 bits per heavy atom. The number of likely N-dealkylation sites (tertiary alicyclic amines) is 1. The molecule has 1 amide bonds. The maximum Gasteiger partial charge on any atom is 0.222 e. The lowest BCUT2D eigenvalue weighted by atomic mass is 10.1. The maximum atomic E-state index is 11.5. The van der Waals surface area contributed by atoms with Crippen LogP contribution in [0.1, 0.15) is 30.8 Å². The van der Waals surface area contributed by atoms with E-state index in [9.17, 15) is 4.79 Å². The largest absolute Gasteiger partial charge is 0.497 e. The fourth-order valence-electron chi connectivity index (χ4n) is 2.82. The molecule has 2 heterocycles. The molecule has 126 valence electrons. The van der Waals surface area contributed by atoms with Gasteiger partial charge >= 0.3 is 0 Å². The van der Waals surface area contributed by atoms with Crippen molar-refractivity contribution in [3.05, 3.63) is 41.9 Å². The van der Waals surface area contributed by atoms with Crippen LogP contribution in [-0.2, 0) is 4.79 Å². The van der Waals surface area contributed by atoms with Crippen molar-refractivity contribution in [1.29, 1.82) is 0 Å². The number of methoxy groups -OCH3 is 1. The van der Waals surface area contributed by atoms with Gasteiger partial charge in [0.15, 0.2) is 0 Å². The van der Waals surface area contributed by atoms with Gasteiger partial charge in [0.25, 0.3) is 0 Å². The molecule has 1 atom stereocenters. The molecular weight excluding hydrogens is 306 g/mol. The van der Waals surface area contributed by atoms with Crippen LogP contribution in [0.5, 0.6) is 17.4 Å². The van der Waals surface area contributed by atoms with Gasteiger partial charge < -0.3 is 14.4 Å². The van der Waals surface area contributed by atoms with Crippen LogP contribution in [0.4, 0.5) is 0 Å². The summed E-state index contributed by atoms with van der Waals surface area (Å²) in [6.07, 6.45) is 0.880. The Morgan fingerprint density at radius 2 is 1.92 bits per heavy atom. The molecule has 0 bridgehead atoms. The highest BCUT2D eigenvalue weighted by Crippen LogP contribution is 2.28. The van der Waals surface area contributed by atoms with Crippen LogP contribution in [0.2, 0.25) is 0 Å². The summed E-state index contributed by atoms with van der Waals surface area (Å²) in [6, 6.07) is 9.16. The lowest BCUT2D eigenvalue weighted by Gasteiger charge is -2.14. The molecule has 1 aliphatic heterocycles. The summed E-state index contributed by atoms with van der Waals surface area (Å²) in [5.74, 6) is 2.98. The molecule has 24 heavy (non-hydrogen) atoms. The molecule has 3 rings (SSSR count). The van der Waals surface area contributed by atoms with E-state index >= 15 is 0 Å². The predicted molar refractivity (Wildman–Crippen MR) is 89.4 cm³/mol. The van der Waals surface area contributed by atoms with Gasteiger partial charge in [0.1, 0.15) is 17.3 Å². The second-order valence-corrected chi connectivity index (χ2v) is 5.93. The Hall–Kier alpha value is -2.63. The molecule has 0 aliphatic carbocycles. The molecular formula is C18H21N3O3. The first-order valence-electron chi connectivity index (χ1n) is 7.98. The molecule has 0 N–H and O–H groups in total. The van der Waals surface area contributed by atoms with Gasteiger partial charge in [-0.15, -0.1) is 0 Å². The zero-order chi connectivity index (χ0) is 17.1. The van der Waals surface area contributed by atoms with E-state index < -0.39 is 0 Å². The highest BCUT2D eigenvalue weighted by molar-refractivity contribution is 5.73. The second-order valence-electron chi connectivity index (χ2n) is 5.93. The first-order chi connectivity index (χ1) is 11.5. The third-order valence-corrected chi connectivity index (χ3v) is 4.13. The van der Waals surface area contributed by atoms with Crippen molar-refractivity contribution < 1.29 is 14.3 Å². The summed E-state index contributed by atoms with van der Waals surface area (Å²) in [5.41, 5.74) is 0.852. The van der Waals surface area contributed by atoms with Gasteiger partial charge in [-0.1, -0.05) is 0 Å². The van der Waals surface area contributed by atoms with Gasteiger partial charge in [0.05, 0.1) is 7.11 Å². The summed E-state index contributed by atoms with van der Waals surface area (Å²) in [6.45, 7) is 4.94. The Balaban J connectivity index is 1.77. The molecule has 0 unspecified atom stereocenters. The summed E-state index contributed by atoms with van der Waals surface area (Å²) in [7, 11) is 1.63. The standard InChI is InChI=1S/C18H21N3O3/c1-12-10-17(24-16-6-4-15(23-3)5-7-16)20-18(19-12)14-8-9-21(11-14)13(2)22/h4-7,10,14H,8-9,11H2,1-3H3/t14-/m1/s1. The fourth-order valence-corrected chi connectivity index (χ4v) is 2.82. The molecule has 0 saturated carbocycles. The fraction of sp³-hybridized carbons (Fsp3) is 0.389.